The Morgan fingerprint density at radius 1 is 1.40 bits per heavy atom. The van der Waals surface area contributed by atoms with Gasteiger partial charge in [-0.3, -0.25) is 9.79 Å². The minimum atomic E-state index is -4.82. The molecule has 0 amide bonds. The Morgan fingerprint density at radius 2 is 1.70 bits per heavy atom. The maximum atomic E-state index is 9.53. The Hall–Kier alpha value is 2.06. The Morgan fingerprint density at radius 3 is 1.70 bits per heavy atom. The van der Waals surface area contributed by atoms with Crippen LogP contribution in [0.4, 0.5) is 4.79 Å². The van der Waals surface area contributed by atoms with E-state index in [2.05, 4.69) is 4.52 Å². The molecule has 0 spiro atoms. The summed E-state index contributed by atoms with van der Waals surface area (Å²) in [6, 6.07) is 0. The fraction of sp³-hybridized carbons (Fsp3) is 0. The van der Waals surface area contributed by atoms with E-state index in [1.165, 1.54) is 0 Å². The second kappa shape index (κ2) is 7.69. The fourth-order valence-corrected chi connectivity index (χ4v) is 0.305. The topological polar surface area (TPSA) is 104 Å². The van der Waals surface area contributed by atoms with E-state index in [4.69, 9.17) is 14.9 Å². The van der Waals surface area contributed by atoms with Crippen LogP contribution in [-0.4, -0.2) is 102 Å². The van der Waals surface area contributed by atoms with Crippen molar-refractivity contribution in [3.05, 3.63) is 0 Å². The van der Waals surface area contributed by atoms with E-state index in [1.807, 2.05) is 0 Å². The molecule has 0 aromatic rings. The molecule has 0 aliphatic carbocycles. The van der Waals surface area contributed by atoms with E-state index in [-0.39, 0.29) is 80.9 Å². The zero-order valence-electron chi connectivity index (χ0n) is 3.51. The standard InChI is InChI=1S/CH3O6P.K.Na.2H/c2-1(3)7-8(4,5)6;;;;/h(H,2,3)(H2,4,5,6);;;;. The van der Waals surface area contributed by atoms with Gasteiger partial charge in [-0.1, -0.05) is 0 Å². The molecule has 6 nitrogen and oxygen atoms in total. The van der Waals surface area contributed by atoms with Crippen molar-refractivity contribution in [2.24, 2.45) is 0 Å². The SMILES string of the molecule is O=C(O)OP(=O)(O)O.[KH].[NaH]. The molecule has 0 unspecified atom stereocenters. The molecule has 0 radical (unpaired) electrons. The van der Waals surface area contributed by atoms with Gasteiger partial charge in [-0.25, -0.2) is 9.36 Å². The molecule has 0 fully saturated rings. The Bertz CT molecular complexity index is 141. The molecule has 0 aromatic carbocycles. The molecule has 0 atom stereocenters. The monoisotopic (exact) mass is 206 g/mol. The normalized spacial score (nSPS) is 8.60. The molecular formula is CH5KNaO6P. The van der Waals surface area contributed by atoms with Crippen LogP contribution in [0.5, 0.6) is 0 Å². The van der Waals surface area contributed by atoms with Gasteiger partial charge in [0.15, 0.2) is 0 Å². The summed E-state index contributed by atoms with van der Waals surface area (Å²) in [5.74, 6) is 0. The molecule has 9 heteroatoms. The van der Waals surface area contributed by atoms with E-state index in [0.717, 1.165) is 0 Å². The van der Waals surface area contributed by atoms with Gasteiger partial charge in [-0.2, -0.15) is 0 Å². The van der Waals surface area contributed by atoms with Gasteiger partial charge in [-0.15, -0.1) is 0 Å². The predicted octanol–water partition coefficient (Wildman–Crippen LogP) is -1.52. The number of phosphoric ester groups is 1. The summed E-state index contributed by atoms with van der Waals surface area (Å²) in [7, 11) is -4.82. The molecule has 10 heavy (non-hydrogen) atoms. The number of hydrogen-bond donors (Lipinski definition) is 3. The van der Waals surface area contributed by atoms with Crippen LogP contribution in [0.2, 0.25) is 0 Å². The molecule has 0 aliphatic heterocycles. The van der Waals surface area contributed by atoms with Gasteiger partial charge in [0.2, 0.25) is 0 Å². The first-order valence-corrected chi connectivity index (χ1v) is 2.93. The molecule has 0 bridgehead atoms. The number of carboxylic acid groups (broad SMARTS) is 1. The Labute approximate surface area is 121 Å². The van der Waals surface area contributed by atoms with Crippen molar-refractivity contribution in [3.8, 4) is 0 Å². The van der Waals surface area contributed by atoms with E-state index in [0.29, 0.717) is 0 Å². The van der Waals surface area contributed by atoms with Gasteiger partial charge in [0, 0.05) is 0 Å². The van der Waals surface area contributed by atoms with Crippen molar-refractivity contribution >= 4 is 94.9 Å². The van der Waals surface area contributed by atoms with Gasteiger partial charge < -0.3 is 9.63 Å². The summed E-state index contributed by atoms with van der Waals surface area (Å²) in [4.78, 5) is 24.7. The zero-order valence-corrected chi connectivity index (χ0v) is 4.41. The summed E-state index contributed by atoms with van der Waals surface area (Å²) in [6.45, 7) is 0. The van der Waals surface area contributed by atoms with Crippen LogP contribution < -0.4 is 0 Å². The summed E-state index contributed by atoms with van der Waals surface area (Å²) in [6.07, 6.45) is -1.99. The van der Waals surface area contributed by atoms with Gasteiger partial charge in [0.05, 0.1) is 0 Å². The van der Waals surface area contributed by atoms with Crippen molar-refractivity contribution in [3.63, 3.8) is 0 Å². The van der Waals surface area contributed by atoms with Crippen LogP contribution in [0.1, 0.15) is 0 Å². The summed E-state index contributed by atoms with van der Waals surface area (Å²) in [5.41, 5.74) is 0. The number of carbonyl (C=O) groups is 1. The molecule has 0 saturated carbocycles. The molecule has 0 rings (SSSR count). The van der Waals surface area contributed by atoms with E-state index in [9.17, 15) is 9.36 Å². The van der Waals surface area contributed by atoms with E-state index >= 15 is 0 Å². The summed E-state index contributed by atoms with van der Waals surface area (Å²) in [5, 5.41) is 7.53. The van der Waals surface area contributed by atoms with Crippen molar-refractivity contribution in [2.45, 2.75) is 0 Å². The molecular weight excluding hydrogens is 201 g/mol. The van der Waals surface area contributed by atoms with Crippen molar-refractivity contribution in [2.75, 3.05) is 0 Å². The first kappa shape index (κ1) is 18.0. The van der Waals surface area contributed by atoms with Gasteiger partial charge in [0.25, 0.3) is 0 Å². The van der Waals surface area contributed by atoms with Crippen LogP contribution in [-0.2, 0) is 9.09 Å². The summed E-state index contributed by atoms with van der Waals surface area (Å²) < 4.78 is 12.6. The van der Waals surface area contributed by atoms with Crippen molar-refractivity contribution < 1.29 is 28.8 Å². The Kier molecular flexibility index (Phi) is 13.8. The fourth-order valence-electron chi connectivity index (χ4n) is 0.102. The first-order valence-electron chi connectivity index (χ1n) is 1.40. The third-order valence-electron chi connectivity index (χ3n) is 0.197. The Balaban J connectivity index is -0.000000245. The number of hydrogen-bond acceptors (Lipinski definition) is 3. The third kappa shape index (κ3) is 16.6. The van der Waals surface area contributed by atoms with Crippen LogP contribution in [0.25, 0.3) is 0 Å². The number of phosphoric acid groups is 1. The van der Waals surface area contributed by atoms with Crippen molar-refractivity contribution in [1.82, 2.24) is 0 Å². The predicted molar refractivity (Wildman–Crippen MR) is 35.5 cm³/mol. The molecule has 0 saturated heterocycles. The quantitative estimate of drug-likeness (QED) is 0.355. The summed E-state index contributed by atoms with van der Waals surface area (Å²) >= 11 is 0. The first-order chi connectivity index (χ1) is 3.42. The van der Waals surface area contributed by atoms with Gasteiger partial charge >= 0.3 is 94.9 Å². The van der Waals surface area contributed by atoms with Crippen LogP contribution in [0.15, 0.2) is 0 Å². The van der Waals surface area contributed by atoms with Crippen molar-refractivity contribution in [1.29, 1.82) is 0 Å². The van der Waals surface area contributed by atoms with Gasteiger partial charge in [-0.05, 0) is 0 Å². The van der Waals surface area contributed by atoms with Crippen LogP contribution in [0, 0.1) is 0 Å². The molecule has 52 valence electrons. The van der Waals surface area contributed by atoms with Crippen LogP contribution in [0.3, 0.4) is 0 Å². The molecule has 3 N–H and O–H groups in total. The third-order valence-corrected chi connectivity index (χ3v) is 0.591. The average molecular weight is 206 g/mol. The van der Waals surface area contributed by atoms with Gasteiger partial charge in [0.1, 0.15) is 0 Å². The maximum absolute atomic E-state index is 9.53. The van der Waals surface area contributed by atoms with E-state index < -0.39 is 14.0 Å². The molecule has 0 aliphatic rings. The minimum absolute atomic E-state index is 0. The molecule has 0 aromatic heterocycles. The molecule has 0 heterocycles. The van der Waals surface area contributed by atoms with Crippen LogP contribution >= 0.6 is 7.82 Å². The second-order valence-corrected chi connectivity index (χ2v) is 2.01. The van der Waals surface area contributed by atoms with E-state index in [1.54, 1.807) is 0 Å². The average Bonchev–Trinajstić information content (AvgIpc) is 1.21. The number of rotatable bonds is 1. The second-order valence-electron chi connectivity index (χ2n) is 0.848. The zero-order chi connectivity index (χ0) is 6.78.